The number of nitrogens with zero attached hydrogens (tertiary/aromatic N) is 2. The molecule has 2 unspecified atom stereocenters. The molecule has 8 nitrogen and oxygen atoms in total. The number of ether oxygens (including phenoxy) is 2. The van der Waals surface area contributed by atoms with Gasteiger partial charge in [-0.15, -0.1) is 0 Å². The van der Waals surface area contributed by atoms with Gasteiger partial charge in [0, 0.05) is 30.1 Å². The van der Waals surface area contributed by atoms with Gasteiger partial charge in [-0.2, -0.15) is 15.7 Å². The lowest BCUT2D eigenvalue weighted by molar-refractivity contribution is 0.0292. The molecule has 0 radical (unpaired) electrons. The predicted octanol–water partition coefficient (Wildman–Crippen LogP) is 6.10. The number of hydrogen-bond donors (Lipinski definition) is 3. The van der Waals surface area contributed by atoms with Gasteiger partial charge in [0.15, 0.2) is 5.78 Å². The number of unbranched alkanes of at least 4 members (excludes halogenated alkanes) is 1. The number of methoxy groups -OCH3 is 1. The maximum Gasteiger partial charge on any atom is 0.186 e. The van der Waals surface area contributed by atoms with Crippen molar-refractivity contribution in [3.63, 3.8) is 0 Å². The number of ketones is 1. The molecule has 3 N–H and O–H groups in total. The van der Waals surface area contributed by atoms with E-state index in [1.807, 2.05) is 31.2 Å². The number of Topliss-reactive ketones (excluding diaryl/α,β-unsaturated/α-hetero) is 1. The maximum absolute atomic E-state index is 13.8. The van der Waals surface area contributed by atoms with Crippen LogP contribution in [0.1, 0.15) is 61.1 Å². The molecule has 0 aliphatic carbocycles. The number of fused-ring (bicyclic) bond motifs is 3. The average Bonchev–Trinajstić information content (AvgIpc) is 3.32. The first-order chi connectivity index (χ1) is 18.9. The molecule has 9 heteroatoms. The van der Waals surface area contributed by atoms with Crippen molar-refractivity contribution in [3.8, 4) is 22.7 Å². The third-order valence-corrected chi connectivity index (χ3v) is 9.53. The van der Waals surface area contributed by atoms with Crippen molar-refractivity contribution in [2.45, 2.75) is 62.7 Å². The summed E-state index contributed by atoms with van der Waals surface area (Å²) in [5, 5.41) is 8.26. The Labute approximate surface area is 232 Å². The first-order valence-electron chi connectivity index (χ1n) is 13.9. The lowest BCUT2D eigenvalue weighted by Crippen LogP contribution is -2.39. The fourth-order valence-corrected chi connectivity index (χ4v) is 7.48. The summed E-state index contributed by atoms with van der Waals surface area (Å²) in [5.74, 6) is 0.175. The lowest BCUT2D eigenvalue weighted by atomic mass is 9.91. The molecule has 0 saturated carbocycles. The minimum atomic E-state index is -3.25. The number of hydrogen-bond acceptors (Lipinski definition) is 7. The minimum absolute atomic E-state index is 0.0268. The van der Waals surface area contributed by atoms with Crippen LogP contribution in [-0.2, 0) is 16.9 Å². The monoisotopic (exact) mass is 553 g/mol. The van der Waals surface area contributed by atoms with Crippen LogP contribution in [0.3, 0.4) is 0 Å². The van der Waals surface area contributed by atoms with Crippen LogP contribution in [0.25, 0.3) is 16.9 Å². The van der Waals surface area contributed by atoms with E-state index in [1.165, 1.54) is 7.11 Å². The molecule has 39 heavy (non-hydrogen) atoms. The summed E-state index contributed by atoms with van der Waals surface area (Å²) in [5.41, 5.74) is 4.26. The van der Waals surface area contributed by atoms with Crippen molar-refractivity contribution in [3.05, 3.63) is 59.3 Å². The van der Waals surface area contributed by atoms with Crippen LogP contribution in [0.15, 0.2) is 47.4 Å². The third-order valence-electron chi connectivity index (χ3n) is 7.76. The number of aromatic nitrogens is 2. The predicted molar refractivity (Wildman–Crippen MR) is 154 cm³/mol. The summed E-state index contributed by atoms with van der Waals surface area (Å²) in [6.07, 6.45) is 4.44. The van der Waals surface area contributed by atoms with Crippen LogP contribution in [0.5, 0.6) is 5.75 Å². The van der Waals surface area contributed by atoms with Crippen molar-refractivity contribution in [1.82, 2.24) is 15.1 Å². The summed E-state index contributed by atoms with van der Waals surface area (Å²) in [7, 11) is -1.72. The fraction of sp³-hybridized carbons (Fsp3) is 0.467. The van der Waals surface area contributed by atoms with Gasteiger partial charge in [-0.3, -0.25) is 13.9 Å². The molecule has 1 aromatic heterocycles. The molecule has 1 fully saturated rings. The number of carbonyl (C=O) groups excluding carboxylic acids is 1. The number of benzene rings is 2. The minimum Gasteiger partial charge on any atom is -0.495 e. The average molecular weight is 554 g/mol. The number of rotatable bonds is 10. The van der Waals surface area contributed by atoms with Crippen molar-refractivity contribution in [2.75, 3.05) is 26.8 Å². The molecule has 5 rings (SSSR count). The van der Waals surface area contributed by atoms with Crippen molar-refractivity contribution in [2.24, 2.45) is 5.92 Å². The zero-order valence-electron chi connectivity index (χ0n) is 23.0. The molecule has 0 amide bonds. The molecular formula is C30H39N3O5S. The Bertz CT molecular complexity index is 1310. The van der Waals surface area contributed by atoms with E-state index in [0.29, 0.717) is 33.9 Å². The van der Waals surface area contributed by atoms with E-state index < -0.39 is 10.6 Å². The molecule has 2 aromatic carbocycles. The topological polar surface area (TPSA) is 106 Å². The van der Waals surface area contributed by atoms with E-state index in [-0.39, 0.29) is 23.6 Å². The van der Waals surface area contributed by atoms with Crippen LogP contribution >= 0.6 is 10.6 Å². The van der Waals surface area contributed by atoms with Crippen LogP contribution in [-0.4, -0.2) is 57.6 Å². The molecule has 2 aliphatic rings. The van der Waals surface area contributed by atoms with Crippen molar-refractivity contribution < 1.29 is 23.4 Å². The molecule has 3 heterocycles. The van der Waals surface area contributed by atoms with Gasteiger partial charge in [0.2, 0.25) is 0 Å². The zero-order chi connectivity index (χ0) is 27.6. The van der Waals surface area contributed by atoms with E-state index in [9.17, 15) is 13.9 Å². The molecule has 0 bridgehead atoms. The van der Waals surface area contributed by atoms with E-state index in [0.717, 1.165) is 62.3 Å². The lowest BCUT2D eigenvalue weighted by Gasteiger charge is -2.38. The molecular weight excluding hydrogens is 514 g/mol. The molecule has 1 saturated heterocycles. The van der Waals surface area contributed by atoms with Gasteiger partial charge in [0.25, 0.3) is 0 Å². The molecule has 0 spiro atoms. The Hall–Kier alpha value is -2.69. The quantitative estimate of drug-likeness (QED) is 0.261. The Morgan fingerprint density at radius 1 is 1.23 bits per heavy atom. The van der Waals surface area contributed by atoms with Gasteiger partial charge in [-0.25, -0.2) is 4.68 Å². The Kier molecular flexibility index (Phi) is 8.44. The van der Waals surface area contributed by atoms with Gasteiger partial charge in [-0.1, -0.05) is 51.0 Å². The summed E-state index contributed by atoms with van der Waals surface area (Å²) in [6, 6.07) is 13.6. The standard InChI is InChI=1S/C30H39N3O5S/c1-4-6-8-21(5-2)29(34)27-25-19-39(35,36)30-24(9-7-10-26(30)37-3)28(25)33(32-27)22-13-11-20(12-14-22)17-23-18-31-15-16-38-23/h7,9-14,21,23,31,35-36H,4-6,8,15-19H2,1-3H3. The van der Waals surface area contributed by atoms with E-state index >= 15 is 0 Å². The summed E-state index contributed by atoms with van der Waals surface area (Å²) < 4.78 is 35.8. The first kappa shape index (κ1) is 27.9. The van der Waals surface area contributed by atoms with Gasteiger partial charge in [0.05, 0.1) is 37.0 Å². The molecule has 210 valence electrons. The highest BCUT2D eigenvalue weighted by Crippen LogP contribution is 2.63. The third kappa shape index (κ3) is 5.51. The summed E-state index contributed by atoms with van der Waals surface area (Å²) in [6.45, 7) is 6.59. The summed E-state index contributed by atoms with van der Waals surface area (Å²) in [4.78, 5) is 14.2. The van der Waals surface area contributed by atoms with Crippen LogP contribution in [0.4, 0.5) is 0 Å². The van der Waals surface area contributed by atoms with E-state index in [1.54, 1.807) is 10.7 Å². The van der Waals surface area contributed by atoms with Gasteiger partial charge >= 0.3 is 0 Å². The van der Waals surface area contributed by atoms with Crippen molar-refractivity contribution >= 4 is 16.4 Å². The second-order valence-electron chi connectivity index (χ2n) is 10.4. The Balaban J connectivity index is 1.61. The highest BCUT2D eigenvalue weighted by Gasteiger charge is 2.39. The van der Waals surface area contributed by atoms with Gasteiger partial charge in [0.1, 0.15) is 16.3 Å². The Morgan fingerprint density at radius 3 is 2.69 bits per heavy atom. The van der Waals surface area contributed by atoms with Crippen LogP contribution in [0.2, 0.25) is 0 Å². The Morgan fingerprint density at radius 2 is 2.03 bits per heavy atom. The fourth-order valence-electron chi connectivity index (χ4n) is 5.67. The van der Waals surface area contributed by atoms with E-state index in [4.69, 9.17) is 14.6 Å². The van der Waals surface area contributed by atoms with Crippen LogP contribution in [0, 0.1) is 5.92 Å². The summed E-state index contributed by atoms with van der Waals surface area (Å²) >= 11 is 0. The second kappa shape index (κ2) is 11.8. The highest BCUT2D eigenvalue weighted by molar-refractivity contribution is 8.23. The SMILES string of the molecule is CCCCC(CC)C(=O)c1nn(-c2ccc(CC3CNCCO3)cc2)c2c1CS(O)(O)c1c(OC)cccc1-2. The molecule has 2 atom stereocenters. The number of nitrogens with one attached hydrogen (secondary N) is 1. The normalized spacial score (nSPS) is 19.6. The van der Waals surface area contributed by atoms with Gasteiger partial charge < -0.3 is 14.8 Å². The highest BCUT2D eigenvalue weighted by atomic mass is 32.3. The largest absolute Gasteiger partial charge is 0.495 e. The zero-order valence-corrected chi connectivity index (χ0v) is 23.8. The molecule has 2 aliphatic heterocycles. The maximum atomic E-state index is 13.8. The number of carbonyl (C=O) groups is 1. The van der Waals surface area contributed by atoms with E-state index in [2.05, 4.69) is 24.4 Å². The first-order valence-corrected chi connectivity index (χ1v) is 15.6. The van der Waals surface area contributed by atoms with Crippen molar-refractivity contribution in [1.29, 1.82) is 0 Å². The van der Waals surface area contributed by atoms with Gasteiger partial charge in [-0.05, 0) is 43.0 Å². The van der Waals surface area contributed by atoms with Crippen LogP contribution < -0.4 is 10.1 Å². The molecule has 3 aromatic rings. The number of morpholine rings is 1. The second-order valence-corrected chi connectivity index (χ2v) is 12.4. The smallest absolute Gasteiger partial charge is 0.186 e.